The Bertz CT molecular complexity index is 950. The maximum Gasteiger partial charge on any atom is 0.263 e. The molecule has 0 saturated carbocycles. The van der Waals surface area contributed by atoms with Crippen LogP contribution in [0.4, 0.5) is 17.1 Å². The van der Waals surface area contributed by atoms with Gasteiger partial charge in [0.25, 0.3) is 11.8 Å². The fourth-order valence-electron chi connectivity index (χ4n) is 2.81. The molecule has 3 aromatic rings. The smallest absolute Gasteiger partial charge is 0.263 e. The van der Waals surface area contributed by atoms with Gasteiger partial charge < -0.3 is 5.32 Å². The van der Waals surface area contributed by atoms with Crippen molar-refractivity contribution >= 4 is 40.2 Å². The summed E-state index contributed by atoms with van der Waals surface area (Å²) in [6.07, 6.45) is 3.17. The Hall–Kier alpha value is -2.99. The summed E-state index contributed by atoms with van der Waals surface area (Å²) in [6, 6.07) is 10.7. The van der Waals surface area contributed by atoms with E-state index in [1.54, 1.807) is 40.9 Å². The second-order valence-electron chi connectivity index (χ2n) is 5.40. The van der Waals surface area contributed by atoms with Crippen LogP contribution in [0.25, 0.3) is 0 Å². The Kier molecular flexibility index (Phi) is 3.39. The number of carbonyl (C=O) groups excluding carboxylic acids is 2. The second kappa shape index (κ2) is 5.58. The predicted molar refractivity (Wildman–Crippen MR) is 94.2 cm³/mol. The number of hydrogen-bond donors (Lipinski definition) is 1. The normalized spacial score (nSPS) is 12.9. The third kappa shape index (κ3) is 2.19. The van der Waals surface area contributed by atoms with Gasteiger partial charge in [-0.3, -0.25) is 19.5 Å². The summed E-state index contributed by atoms with van der Waals surface area (Å²) in [5.41, 5.74) is 2.95. The number of pyridine rings is 1. The van der Waals surface area contributed by atoms with Crippen LogP contribution >= 0.6 is 11.3 Å². The van der Waals surface area contributed by atoms with Crippen LogP contribution in [0.1, 0.15) is 25.6 Å². The number of benzene rings is 1. The van der Waals surface area contributed by atoms with E-state index in [-0.39, 0.29) is 11.8 Å². The van der Waals surface area contributed by atoms with Gasteiger partial charge in [0, 0.05) is 28.2 Å². The molecule has 0 aliphatic carbocycles. The first kappa shape index (κ1) is 14.6. The topological polar surface area (TPSA) is 62.3 Å². The second-order valence-corrected chi connectivity index (χ2v) is 6.49. The summed E-state index contributed by atoms with van der Waals surface area (Å²) in [4.78, 5) is 32.2. The fourth-order valence-corrected chi connectivity index (χ4v) is 3.63. The van der Waals surface area contributed by atoms with E-state index < -0.39 is 0 Å². The van der Waals surface area contributed by atoms with Crippen molar-refractivity contribution in [1.82, 2.24) is 4.98 Å². The number of hydrogen-bond acceptors (Lipinski definition) is 4. The van der Waals surface area contributed by atoms with E-state index in [4.69, 9.17) is 0 Å². The number of anilines is 3. The number of thiophene rings is 1. The third-order valence-electron chi connectivity index (χ3n) is 3.93. The largest absolute Gasteiger partial charge is 0.320 e. The Labute approximate surface area is 142 Å². The molecule has 1 N–H and O–H groups in total. The minimum atomic E-state index is -0.202. The molecule has 0 radical (unpaired) electrons. The van der Waals surface area contributed by atoms with Crippen LogP contribution in [0.3, 0.4) is 0 Å². The van der Waals surface area contributed by atoms with Crippen LogP contribution in [0.5, 0.6) is 0 Å². The predicted octanol–water partition coefficient (Wildman–Crippen LogP) is 4.00. The minimum absolute atomic E-state index is 0.191. The van der Waals surface area contributed by atoms with Crippen molar-refractivity contribution in [3.05, 3.63) is 70.2 Å². The minimum Gasteiger partial charge on any atom is -0.320 e. The maximum absolute atomic E-state index is 13.2. The molecular formula is C18H13N3O2S. The number of rotatable bonds is 1. The number of carbonyl (C=O) groups is 2. The monoisotopic (exact) mass is 335 g/mol. The average molecular weight is 335 g/mol. The molecule has 0 bridgehead atoms. The van der Waals surface area contributed by atoms with Crippen molar-refractivity contribution in [3.8, 4) is 0 Å². The molecule has 2 amide bonds. The fraction of sp³-hybridized carbons (Fsp3) is 0.0556. The Morgan fingerprint density at radius 3 is 2.71 bits per heavy atom. The SMILES string of the molecule is Cc1scc2c1N(C(=O)c1ccncc1)c1ccccc1NC2=O. The number of nitrogens with zero attached hydrogens (tertiary/aromatic N) is 2. The van der Waals surface area contributed by atoms with E-state index >= 15 is 0 Å². The van der Waals surface area contributed by atoms with Crippen molar-refractivity contribution < 1.29 is 9.59 Å². The van der Waals surface area contributed by atoms with Crippen molar-refractivity contribution in [2.24, 2.45) is 0 Å². The summed E-state index contributed by atoms with van der Waals surface area (Å²) >= 11 is 1.46. The molecule has 0 unspecified atom stereocenters. The van der Waals surface area contributed by atoms with Gasteiger partial charge in [-0.25, -0.2) is 0 Å². The summed E-state index contributed by atoms with van der Waals surface area (Å²) in [5, 5.41) is 4.68. The quantitative estimate of drug-likeness (QED) is 0.731. The molecule has 4 rings (SSSR count). The van der Waals surface area contributed by atoms with Gasteiger partial charge in [-0.15, -0.1) is 11.3 Å². The highest BCUT2D eigenvalue weighted by molar-refractivity contribution is 7.11. The first-order chi connectivity index (χ1) is 11.7. The summed E-state index contributed by atoms with van der Waals surface area (Å²) in [7, 11) is 0. The molecule has 2 aromatic heterocycles. The summed E-state index contributed by atoms with van der Waals surface area (Å²) in [5.74, 6) is -0.393. The van der Waals surface area contributed by atoms with Crippen LogP contribution in [-0.2, 0) is 0 Å². The van der Waals surface area contributed by atoms with Gasteiger partial charge >= 0.3 is 0 Å². The van der Waals surface area contributed by atoms with Gasteiger partial charge in [0.15, 0.2) is 0 Å². The molecule has 6 heteroatoms. The molecule has 3 heterocycles. The number of amides is 2. The van der Waals surface area contributed by atoms with Crippen LogP contribution in [0, 0.1) is 6.92 Å². The van der Waals surface area contributed by atoms with Crippen molar-refractivity contribution in [2.75, 3.05) is 10.2 Å². The van der Waals surface area contributed by atoms with Gasteiger partial charge in [-0.2, -0.15) is 0 Å². The van der Waals surface area contributed by atoms with Crippen LogP contribution in [-0.4, -0.2) is 16.8 Å². The van der Waals surface area contributed by atoms with Crippen LogP contribution in [0.15, 0.2) is 54.2 Å². The van der Waals surface area contributed by atoms with Gasteiger partial charge in [-0.1, -0.05) is 12.1 Å². The highest BCUT2D eigenvalue weighted by Gasteiger charge is 2.32. The van der Waals surface area contributed by atoms with Crippen LogP contribution in [0.2, 0.25) is 0 Å². The zero-order chi connectivity index (χ0) is 16.7. The third-order valence-corrected chi connectivity index (χ3v) is 4.83. The molecule has 0 atom stereocenters. The first-order valence-electron chi connectivity index (χ1n) is 7.40. The molecule has 5 nitrogen and oxygen atoms in total. The molecule has 118 valence electrons. The number of aryl methyl sites for hydroxylation is 1. The summed E-state index contributed by atoms with van der Waals surface area (Å²) in [6.45, 7) is 1.91. The lowest BCUT2D eigenvalue weighted by Crippen LogP contribution is -2.26. The van der Waals surface area contributed by atoms with Crippen molar-refractivity contribution in [3.63, 3.8) is 0 Å². The zero-order valence-corrected chi connectivity index (χ0v) is 13.6. The van der Waals surface area contributed by atoms with Gasteiger partial charge in [-0.05, 0) is 31.2 Å². The van der Waals surface area contributed by atoms with Gasteiger partial charge in [0.2, 0.25) is 0 Å². The number of nitrogens with one attached hydrogen (secondary N) is 1. The number of aromatic nitrogens is 1. The lowest BCUT2D eigenvalue weighted by Gasteiger charge is -2.23. The Balaban J connectivity index is 1.98. The van der Waals surface area contributed by atoms with Crippen LogP contribution < -0.4 is 10.2 Å². The van der Waals surface area contributed by atoms with E-state index in [1.165, 1.54) is 11.3 Å². The highest BCUT2D eigenvalue weighted by Crippen LogP contribution is 2.42. The van der Waals surface area contributed by atoms with Crippen molar-refractivity contribution in [2.45, 2.75) is 6.92 Å². The average Bonchev–Trinajstić information content (AvgIpc) is 2.93. The molecule has 1 aliphatic rings. The molecular weight excluding hydrogens is 322 g/mol. The highest BCUT2D eigenvalue weighted by atomic mass is 32.1. The van der Waals surface area contributed by atoms with E-state index in [2.05, 4.69) is 10.3 Å². The molecule has 0 spiro atoms. The van der Waals surface area contributed by atoms with Gasteiger partial charge in [0.05, 0.1) is 22.6 Å². The van der Waals surface area contributed by atoms with E-state index in [0.717, 1.165) is 4.88 Å². The van der Waals surface area contributed by atoms with Crippen molar-refractivity contribution in [1.29, 1.82) is 0 Å². The van der Waals surface area contributed by atoms with E-state index in [1.807, 2.05) is 25.1 Å². The number of fused-ring (bicyclic) bond motifs is 2. The van der Waals surface area contributed by atoms with E-state index in [9.17, 15) is 9.59 Å². The number of para-hydroxylation sites is 2. The Morgan fingerprint density at radius 2 is 1.92 bits per heavy atom. The van der Waals surface area contributed by atoms with E-state index in [0.29, 0.717) is 28.2 Å². The standard InChI is InChI=1S/C18H13N3O2S/c1-11-16-13(10-24-11)17(22)20-14-4-2-3-5-15(14)21(16)18(23)12-6-8-19-9-7-12/h2-10H,1H3,(H,20,22). The molecule has 1 aromatic carbocycles. The first-order valence-corrected chi connectivity index (χ1v) is 8.27. The molecule has 0 saturated heterocycles. The lowest BCUT2D eigenvalue weighted by atomic mass is 10.1. The molecule has 1 aliphatic heterocycles. The zero-order valence-electron chi connectivity index (χ0n) is 12.8. The molecule has 0 fully saturated rings. The lowest BCUT2D eigenvalue weighted by molar-refractivity contribution is 0.0999. The Morgan fingerprint density at radius 1 is 1.17 bits per heavy atom. The van der Waals surface area contributed by atoms with Gasteiger partial charge in [0.1, 0.15) is 0 Å². The maximum atomic E-state index is 13.2. The summed E-state index contributed by atoms with van der Waals surface area (Å²) < 4.78 is 0. The molecule has 24 heavy (non-hydrogen) atoms.